The van der Waals surface area contributed by atoms with E-state index in [4.69, 9.17) is 4.74 Å². The molecule has 0 spiro atoms. The van der Waals surface area contributed by atoms with E-state index in [-0.39, 0.29) is 0 Å². The second-order valence-corrected chi connectivity index (χ2v) is 9.16. The van der Waals surface area contributed by atoms with Crippen molar-refractivity contribution in [2.75, 3.05) is 7.11 Å². The molecule has 0 unspecified atom stereocenters. The maximum absolute atomic E-state index is 5.21. The zero-order chi connectivity index (χ0) is 22.2. The molecule has 1 fully saturated rings. The van der Waals surface area contributed by atoms with Crippen molar-refractivity contribution >= 4 is 0 Å². The maximum atomic E-state index is 5.21. The highest BCUT2D eigenvalue weighted by molar-refractivity contribution is 5.70. The number of benzene rings is 3. The Kier molecular flexibility index (Phi) is 7.96. The normalized spacial score (nSPS) is 18.8. The number of methoxy groups -OCH3 is 1. The van der Waals surface area contributed by atoms with Crippen molar-refractivity contribution in [3.8, 4) is 22.3 Å². The van der Waals surface area contributed by atoms with Crippen LogP contribution in [-0.4, -0.2) is 7.11 Å². The summed E-state index contributed by atoms with van der Waals surface area (Å²) in [5.41, 5.74) is 7.78. The van der Waals surface area contributed by atoms with Crippen molar-refractivity contribution in [3.63, 3.8) is 0 Å². The number of ether oxygens (including phenoxy) is 1. The molecule has 4 rings (SSSR count). The van der Waals surface area contributed by atoms with E-state index < -0.39 is 0 Å². The zero-order valence-electron chi connectivity index (χ0n) is 19.6. The third-order valence-corrected chi connectivity index (χ3v) is 6.83. The first-order valence-corrected chi connectivity index (χ1v) is 12.2. The first kappa shape index (κ1) is 22.6. The van der Waals surface area contributed by atoms with Gasteiger partial charge < -0.3 is 4.74 Å². The lowest BCUT2D eigenvalue weighted by atomic mass is 9.78. The number of rotatable bonds is 8. The van der Waals surface area contributed by atoms with Crippen LogP contribution in [0.25, 0.3) is 22.3 Å². The predicted molar refractivity (Wildman–Crippen MR) is 137 cm³/mol. The van der Waals surface area contributed by atoms with Gasteiger partial charge in [0.25, 0.3) is 0 Å². The van der Waals surface area contributed by atoms with Crippen molar-refractivity contribution in [1.29, 1.82) is 0 Å². The van der Waals surface area contributed by atoms with E-state index in [9.17, 15) is 0 Å². The minimum Gasteiger partial charge on any atom is -0.380 e. The number of hydrogen-bond donors (Lipinski definition) is 0. The quantitative estimate of drug-likeness (QED) is 0.328. The average molecular weight is 425 g/mol. The summed E-state index contributed by atoms with van der Waals surface area (Å²) in [7, 11) is 1.73. The van der Waals surface area contributed by atoms with Crippen molar-refractivity contribution in [3.05, 3.63) is 96.1 Å². The highest BCUT2D eigenvalue weighted by Gasteiger charge is 2.20. The van der Waals surface area contributed by atoms with Gasteiger partial charge in [-0.05, 0) is 77.3 Å². The molecule has 0 radical (unpaired) electrons. The van der Waals surface area contributed by atoms with Crippen LogP contribution in [0, 0.1) is 5.92 Å². The SMILES string of the molecule is CCCC=C[C@H]1CC[C@H](c2ccc(-c3ccc(-c4ccc(COC)cc4)cc3)cc2)CC1. The molecule has 0 amide bonds. The summed E-state index contributed by atoms with van der Waals surface area (Å²) in [5, 5.41) is 0. The summed E-state index contributed by atoms with van der Waals surface area (Å²) in [5.74, 6) is 1.52. The Morgan fingerprint density at radius 3 is 1.72 bits per heavy atom. The molecule has 0 bridgehead atoms. The van der Waals surface area contributed by atoms with Gasteiger partial charge in [-0.3, -0.25) is 0 Å². The molecule has 3 aromatic carbocycles. The smallest absolute Gasteiger partial charge is 0.0713 e. The van der Waals surface area contributed by atoms with Gasteiger partial charge in [-0.2, -0.15) is 0 Å². The van der Waals surface area contributed by atoms with E-state index in [0.29, 0.717) is 6.61 Å². The van der Waals surface area contributed by atoms with Crippen LogP contribution in [0.2, 0.25) is 0 Å². The van der Waals surface area contributed by atoms with Gasteiger partial charge in [0, 0.05) is 7.11 Å². The highest BCUT2D eigenvalue weighted by atomic mass is 16.5. The second kappa shape index (κ2) is 11.3. The van der Waals surface area contributed by atoms with Gasteiger partial charge in [0.1, 0.15) is 0 Å². The molecule has 0 aromatic heterocycles. The van der Waals surface area contributed by atoms with Crippen LogP contribution >= 0.6 is 0 Å². The largest absolute Gasteiger partial charge is 0.380 e. The lowest BCUT2D eigenvalue weighted by Gasteiger charge is -2.27. The second-order valence-electron chi connectivity index (χ2n) is 9.16. The third-order valence-electron chi connectivity index (χ3n) is 6.83. The van der Waals surface area contributed by atoms with Gasteiger partial charge in [0.2, 0.25) is 0 Å². The molecular weight excluding hydrogens is 388 g/mol. The van der Waals surface area contributed by atoms with E-state index in [1.165, 1.54) is 71.9 Å². The van der Waals surface area contributed by atoms with Gasteiger partial charge >= 0.3 is 0 Å². The van der Waals surface area contributed by atoms with Crippen molar-refractivity contribution in [1.82, 2.24) is 0 Å². The van der Waals surface area contributed by atoms with Crippen LogP contribution in [0.4, 0.5) is 0 Å². The summed E-state index contributed by atoms with van der Waals surface area (Å²) in [6.07, 6.45) is 12.6. The van der Waals surface area contributed by atoms with E-state index in [1.807, 2.05) is 0 Å². The van der Waals surface area contributed by atoms with Crippen LogP contribution in [0.5, 0.6) is 0 Å². The van der Waals surface area contributed by atoms with Crippen LogP contribution in [-0.2, 0) is 11.3 Å². The van der Waals surface area contributed by atoms with Crippen LogP contribution < -0.4 is 0 Å². The Morgan fingerprint density at radius 2 is 1.22 bits per heavy atom. The molecule has 1 aliphatic rings. The zero-order valence-corrected chi connectivity index (χ0v) is 19.6. The fraction of sp³-hybridized carbons (Fsp3) is 0.355. The molecule has 166 valence electrons. The third kappa shape index (κ3) is 5.78. The molecule has 0 saturated heterocycles. The molecule has 0 heterocycles. The van der Waals surface area contributed by atoms with Crippen LogP contribution in [0.3, 0.4) is 0 Å². The Morgan fingerprint density at radius 1 is 0.719 bits per heavy atom. The van der Waals surface area contributed by atoms with Crippen LogP contribution in [0.15, 0.2) is 84.9 Å². The van der Waals surface area contributed by atoms with Crippen molar-refractivity contribution < 1.29 is 4.74 Å². The molecule has 32 heavy (non-hydrogen) atoms. The summed E-state index contributed by atoms with van der Waals surface area (Å²) in [6.45, 7) is 2.91. The summed E-state index contributed by atoms with van der Waals surface area (Å²) < 4.78 is 5.21. The van der Waals surface area contributed by atoms with Crippen molar-refractivity contribution in [2.24, 2.45) is 5.92 Å². The molecule has 3 aromatic rings. The Hall–Kier alpha value is -2.64. The Balaban J connectivity index is 1.37. The monoisotopic (exact) mass is 424 g/mol. The predicted octanol–water partition coefficient (Wildman–Crippen LogP) is 8.80. The van der Waals surface area contributed by atoms with E-state index in [2.05, 4.69) is 91.9 Å². The standard InChI is InChI=1S/C31H36O/c1-3-4-5-6-24-7-11-26(12-8-24)28-15-19-30(20-16-28)31-21-17-29(18-22-31)27-13-9-25(10-14-27)23-32-2/h5-6,9-10,13-22,24,26H,3-4,7-8,11-12,23H2,1-2H3/t24-,26-. The van der Waals surface area contributed by atoms with E-state index in [1.54, 1.807) is 7.11 Å². The number of allylic oxidation sites excluding steroid dienone is 2. The summed E-state index contributed by atoms with van der Waals surface area (Å²) >= 11 is 0. The van der Waals surface area contributed by atoms with Gasteiger partial charge in [0.05, 0.1) is 6.61 Å². The highest BCUT2D eigenvalue weighted by Crippen LogP contribution is 2.37. The molecule has 1 saturated carbocycles. The lowest BCUT2D eigenvalue weighted by Crippen LogP contribution is -2.11. The van der Waals surface area contributed by atoms with Gasteiger partial charge in [0.15, 0.2) is 0 Å². The fourth-order valence-corrected chi connectivity index (χ4v) is 4.86. The van der Waals surface area contributed by atoms with E-state index >= 15 is 0 Å². The maximum Gasteiger partial charge on any atom is 0.0713 e. The van der Waals surface area contributed by atoms with Gasteiger partial charge in [-0.25, -0.2) is 0 Å². The fourth-order valence-electron chi connectivity index (χ4n) is 4.86. The van der Waals surface area contributed by atoms with Gasteiger partial charge in [-0.1, -0.05) is 98.3 Å². The van der Waals surface area contributed by atoms with Crippen molar-refractivity contribution in [2.45, 2.75) is 58.0 Å². The summed E-state index contributed by atoms with van der Waals surface area (Å²) in [6, 6.07) is 26.9. The molecule has 0 atom stereocenters. The molecule has 1 heteroatoms. The first-order valence-electron chi connectivity index (χ1n) is 12.2. The summed E-state index contributed by atoms with van der Waals surface area (Å²) in [4.78, 5) is 0. The minimum atomic E-state index is 0.659. The lowest BCUT2D eigenvalue weighted by molar-refractivity contribution is 0.185. The number of unbranched alkanes of at least 4 members (excludes halogenated alkanes) is 1. The molecular formula is C31H36O. The Bertz CT molecular complexity index is 972. The molecule has 1 nitrogen and oxygen atoms in total. The molecule has 1 aliphatic carbocycles. The van der Waals surface area contributed by atoms with Gasteiger partial charge in [-0.15, -0.1) is 0 Å². The molecule has 0 N–H and O–H groups in total. The molecule has 0 aliphatic heterocycles. The average Bonchev–Trinajstić information content (AvgIpc) is 2.86. The van der Waals surface area contributed by atoms with E-state index in [0.717, 1.165) is 11.8 Å². The van der Waals surface area contributed by atoms with Crippen LogP contribution in [0.1, 0.15) is 62.5 Å². The number of hydrogen-bond acceptors (Lipinski definition) is 1. The Labute approximate surface area is 194 Å². The topological polar surface area (TPSA) is 9.23 Å². The minimum absolute atomic E-state index is 0.659. The first-order chi connectivity index (χ1) is 15.8.